The first kappa shape index (κ1) is 16.4. The molecule has 0 amide bonds. The zero-order chi connectivity index (χ0) is 15.8. The maximum absolute atomic E-state index is 12.9. The van der Waals surface area contributed by atoms with Crippen molar-refractivity contribution in [2.75, 3.05) is 20.1 Å². The molecule has 1 aliphatic rings. The van der Waals surface area contributed by atoms with E-state index >= 15 is 0 Å². The molecule has 0 spiro atoms. The summed E-state index contributed by atoms with van der Waals surface area (Å²) in [5.41, 5.74) is 1.30. The zero-order valence-corrected chi connectivity index (χ0v) is 13.9. The monoisotopic (exact) mass is 312 g/mol. The van der Waals surface area contributed by atoms with E-state index in [2.05, 4.69) is 4.90 Å². The summed E-state index contributed by atoms with van der Waals surface area (Å²) >= 11 is 0. The first-order chi connectivity index (χ1) is 9.78. The Morgan fingerprint density at radius 2 is 1.81 bits per heavy atom. The van der Waals surface area contributed by atoms with E-state index in [-0.39, 0.29) is 18.7 Å². The van der Waals surface area contributed by atoms with E-state index in [1.807, 2.05) is 20.9 Å². The molecule has 6 heteroatoms. The number of nitrogens with zero attached hydrogens (tertiary/aromatic N) is 2. The highest BCUT2D eigenvalue weighted by atomic mass is 32.2. The molecule has 2 unspecified atom stereocenters. The normalized spacial score (nSPS) is 25.2. The fraction of sp³-hybridized carbons (Fsp3) is 0.600. The molecule has 5 nitrogen and oxygen atoms in total. The van der Waals surface area contributed by atoms with Crippen LogP contribution in [0.4, 0.5) is 0 Å². The van der Waals surface area contributed by atoms with E-state index in [0.29, 0.717) is 29.1 Å². The molecule has 1 aliphatic heterocycles. The lowest BCUT2D eigenvalue weighted by Gasteiger charge is -2.41. The summed E-state index contributed by atoms with van der Waals surface area (Å²) < 4.78 is 27.4. The molecule has 1 aromatic rings. The molecule has 0 radical (unpaired) electrons. The molecule has 118 valence electrons. The minimum atomic E-state index is -3.52. The number of hydrogen-bond acceptors (Lipinski definition) is 4. The van der Waals surface area contributed by atoms with Crippen LogP contribution in [0.25, 0.3) is 0 Å². The largest absolute Gasteiger partial charge is 0.392 e. The molecule has 1 aromatic carbocycles. The number of benzene rings is 1. The smallest absolute Gasteiger partial charge is 0.243 e. The number of aliphatic hydroxyl groups excluding tert-OH is 1. The van der Waals surface area contributed by atoms with E-state index < -0.39 is 10.0 Å². The van der Waals surface area contributed by atoms with Gasteiger partial charge >= 0.3 is 0 Å². The summed E-state index contributed by atoms with van der Waals surface area (Å²) in [6, 6.07) is 5.44. The number of rotatable bonds is 3. The van der Waals surface area contributed by atoms with Gasteiger partial charge in [0.05, 0.1) is 11.5 Å². The average molecular weight is 312 g/mol. The number of hydrogen-bond donors (Lipinski definition) is 1. The van der Waals surface area contributed by atoms with Gasteiger partial charge in [-0.25, -0.2) is 8.42 Å². The van der Waals surface area contributed by atoms with Crippen LogP contribution in [0.1, 0.15) is 25.0 Å². The van der Waals surface area contributed by atoms with Crippen LogP contribution < -0.4 is 0 Å². The van der Waals surface area contributed by atoms with Crippen LogP contribution in [0.3, 0.4) is 0 Å². The molecule has 2 atom stereocenters. The van der Waals surface area contributed by atoms with Crippen LogP contribution in [0.2, 0.25) is 0 Å². The van der Waals surface area contributed by atoms with Gasteiger partial charge < -0.3 is 5.11 Å². The summed E-state index contributed by atoms with van der Waals surface area (Å²) in [6.07, 6.45) is 0. The lowest BCUT2D eigenvalue weighted by atomic mass is 10.1. The Bertz CT molecular complexity index is 603. The van der Waals surface area contributed by atoms with Crippen molar-refractivity contribution >= 4 is 10.0 Å². The van der Waals surface area contributed by atoms with Gasteiger partial charge in [0.15, 0.2) is 0 Å². The Kier molecular flexibility index (Phi) is 4.72. The highest BCUT2D eigenvalue weighted by Crippen LogP contribution is 2.26. The fourth-order valence-electron chi connectivity index (χ4n) is 2.80. The van der Waals surface area contributed by atoms with Crippen molar-refractivity contribution in [2.45, 2.75) is 44.4 Å². The van der Waals surface area contributed by atoms with Crippen molar-refractivity contribution in [1.29, 1.82) is 0 Å². The van der Waals surface area contributed by atoms with Crippen LogP contribution in [-0.2, 0) is 16.6 Å². The number of aliphatic hydroxyl groups is 1. The first-order valence-corrected chi connectivity index (χ1v) is 8.64. The van der Waals surface area contributed by atoms with Crippen molar-refractivity contribution in [2.24, 2.45) is 0 Å². The third kappa shape index (κ3) is 2.99. The lowest BCUT2D eigenvalue weighted by Crippen LogP contribution is -2.56. The van der Waals surface area contributed by atoms with E-state index in [1.165, 1.54) is 0 Å². The molecule has 0 saturated carbocycles. The van der Waals surface area contributed by atoms with Crippen molar-refractivity contribution in [3.8, 4) is 0 Å². The van der Waals surface area contributed by atoms with Gasteiger partial charge in [0.1, 0.15) is 0 Å². The molecule has 1 saturated heterocycles. The van der Waals surface area contributed by atoms with Crippen molar-refractivity contribution in [3.05, 3.63) is 29.3 Å². The molecule has 1 N–H and O–H groups in total. The van der Waals surface area contributed by atoms with Gasteiger partial charge in [-0.05, 0) is 45.0 Å². The van der Waals surface area contributed by atoms with Crippen LogP contribution in [0, 0.1) is 6.92 Å². The van der Waals surface area contributed by atoms with Crippen LogP contribution in [0.5, 0.6) is 0 Å². The number of piperazine rings is 1. The highest BCUT2D eigenvalue weighted by molar-refractivity contribution is 7.89. The second-order valence-electron chi connectivity index (χ2n) is 5.88. The minimum absolute atomic E-state index is 0.148. The van der Waals surface area contributed by atoms with Crippen molar-refractivity contribution in [1.82, 2.24) is 9.21 Å². The Morgan fingerprint density at radius 3 is 2.33 bits per heavy atom. The standard InChI is InChI=1S/C15H24N2O3S/c1-11-8-17(9-12(2)16(11)4)21(19,20)15-7-5-6-14(10-18)13(15)3/h5-7,11-12,18H,8-10H2,1-4H3. The van der Waals surface area contributed by atoms with Crippen LogP contribution in [-0.4, -0.2) is 55.0 Å². The SMILES string of the molecule is Cc1c(CO)cccc1S(=O)(=O)N1CC(C)N(C)C(C)C1. The molecule has 0 aliphatic carbocycles. The van der Waals surface area contributed by atoms with Gasteiger partial charge in [-0.15, -0.1) is 0 Å². The second kappa shape index (κ2) is 6.04. The Morgan fingerprint density at radius 1 is 1.24 bits per heavy atom. The maximum atomic E-state index is 12.9. The third-order valence-corrected chi connectivity index (χ3v) is 6.49. The lowest BCUT2D eigenvalue weighted by molar-refractivity contribution is 0.105. The predicted octanol–water partition coefficient (Wildman–Crippen LogP) is 1.20. The van der Waals surface area contributed by atoms with E-state index in [4.69, 9.17) is 0 Å². The summed E-state index contributed by atoms with van der Waals surface area (Å²) in [7, 11) is -1.49. The second-order valence-corrected chi connectivity index (χ2v) is 7.79. The van der Waals surface area contributed by atoms with Crippen LogP contribution >= 0.6 is 0 Å². The Labute approximate surface area is 127 Å². The molecule has 0 aromatic heterocycles. The van der Waals surface area contributed by atoms with E-state index in [9.17, 15) is 13.5 Å². The first-order valence-electron chi connectivity index (χ1n) is 7.20. The Hall–Kier alpha value is -0.950. The quantitative estimate of drug-likeness (QED) is 0.911. The summed E-state index contributed by atoms with van der Waals surface area (Å²) in [6.45, 7) is 6.66. The molecule has 1 fully saturated rings. The molecule has 0 bridgehead atoms. The van der Waals surface area contributed by atoms with E-state index in [1.54, 1.807) is 29.4 Å². The summed E-state index contributed by atoms with van der Waals surface area (Å²) in [5.74, 6) is 0. The molecular weight excluding hydrogens is 288 g/mol. The van der Waals surface area contributed by atoms with E-state index in [0.717, 1.165) is 0 Å². The number of likely N-dealkylation sites (N-methyl/N-ethyl adjacent to an activating group) is 1. The summed E-state index contributed by atoms with van der Waals surface area (Å²) in [4.78, 5) is 2.50. The van der Waals surface area contributed by atoms with Gasteiger partial charge in [0.25, 0.3) is 0 Å². The highest BCUT2D eigenvalue weighted by Gasteiger charge is 2.35. The third-order valence-electron chi connectivity index (χ3n) is 4.51. The van der Waals surface area contributed by atoms with Crippen molar-refractivity contribution < 1.29 is 13.5 Å². The fourth-order valence-corrected chi connectivity index (χ4v) is 4.67. The van der Waals surface area contributed by atoms with Gasteiger partial charge in [0, 0.05) is 25.2 Å². The number of sulfonamides is 1. The van der Waals surface area contributed by atoms with Gasteiger partial charge in [-0.3, -0.25) is 4.90 Å². The average Bonchev–Trinajstić information content (AvgIpc) is 2.44. The molecular formula is C15H24N2O3S. The predicted molar refractivity (Wildman–Crippen MR) is 82.5 cm³/mol. The molecule has 2 rings (SSSR count). The van der Waals surface area contributed by atoms with Crippen molar-refractivity contribution in [3.63, 3.8) is 0 Å². The van der Waals surface area contributed by atoms with Gasteiger partial charge in [0.2, 0.25) is 10.0 Å². The molecule has 21 heavy (non-hydrogen) atoms. The van der Waals surface area contributed by atoms with Gasteiger partial charge in [-0.1, -0.05) is 12.1 Å². The topological polar surface area (TPSA) is 60.9 Å². The maximum Gasteiger partial charge on any atom is 0.243 e. The zero-order valence-electron chi connectivity index (χ0n) is 13.1. The Balaban J connectivity index is 2.39. The van der Waals surface area contributed by atoms with Gasteiger partial charge in [-0.2, -0.15) is 4.31 Å². The molecule has 1 heterocycles. The van der Waals surface area contributed by atoms with Crippen LogP contribution in [0.15, 0.2) is 23.1 Å². The summed E-state index contributed by atoms with van der Waals surface area (Å²) in [5, 5.41) is 9.32. The minimum Gasteiger partial charge on any atom is -0.392 e.